The lowest BCUT2D eigenvalue weighted by Gasteiger charge is -2.14. The minimum atomic E-state index is -0.0365. The lowest BCUT2D eigenvalue weighted by molar-refractivity contribution is -0.119. The molecule has 1 N–H and O–H groups in total. The Bertz CT molecular complexity index is 865. The Labute approximate surface area is 163 Å². The number of benzene rings is 1. The molecule has 0 radical (unpaired) electrons. The zero-order valence-corrected chi connectivity index (χ0v) is 16.2. The number of pyridine rings is 1. The molecule has 2 aromatic rings. The molecule has 1 atom stereocenters. The predicted molar refractivity (Wildman–Crippen MR) is 105 cm³/mol. The van der Waals surface area contributed by atoms with Gasteiger partial charge in [-0.1, -0.05) is 48.3 Å². The number of carbonyl (C=O) groups excluding carboxylic acids is 1. The molecule has 0 aliphatic carbocycles. The van der Waals surface area contributed by atoms with Crippen molar-refractivity contribution in [3.63, 3.8) is 0 Å². The third-order valence-corrected chi connectivity index (χ3v) is 5.06. The molecule has 136 valence electrons. The van der Waals surface area contributed by atoms with Crippen molar-refractivity contribution in [1.82, 2.24) is 10.3 Å². The summed E-state index contributed by atoms with van der Waals surface area (Å²) in [5.41, 5.74) is 3.63. The van der Waals surface area contributed by atoms with Crippen LogP contribution in [0.1, 0.15) is 36.6 Å². The fourth-order valence-corrected chi connectivity index (χ4v) is 3.51. The zero-order chi connectivity index (χ0) is 18.7. The molecule has 1 fully saturated rings. The van der Waals surface area contributed by atoms with Crippen LogP contribution in [0.25, 0.3) is 5.57 Å². The Morgan fingerprint density at radius 3 is 2.73 bits per heavy atom. The summed E-state index contributed by atoms with van der Waals surface area (Å²) in [4.78, 5) is 16.1. The van der Waals surface area contributed by atoms with Crippen LogP contribution >= 0.6 is 23.2 Å². The van der Waals surface area contributed by atoms with Crippen LogP contribution < -0.4 is 10.1 Å². The van der Waals surface area contributed by atoms with Crippen LogP contribution in [0, 0.1) is 0 Å². The molecule has 1 aliphatic rings. The second kappa shape index (κ2) is 8.11. The van der Waals surface area contributed by atoms with Gasteiger partial charge in [-0.05, 0) is 42.2 Å². The van der Waals surface area contributed by atoms with Gasteiger partial charge in [-0.25, -0.2) is 4.98 Å². The molecule has 1 aliphatic heterocycles. The van der Waals surface area contributed by atoms with Crippen LogP contribution in [0.15, 0.2) is 36.4 Å². The van der Waals surface area contributed by atoms with Gasteiger partial charge in [-0.2, -0.15) is 0 Å². The minimum Gasteiger partial charge on any atom is -0.480 e. The topological polar surface area (TPSA) is 51.2 Å². The van der Waals surface area contributed by atoms with E-state index in [9.17, 15) is 4.79 Å². The summed E-state index contributed by atoms with van der Waals surface area (Å²) < 4.78 is 5.25. The number of nitrogens with zero attached hydrogens (tertiary/aromatic N) is 1. The highest BCUT2D eigenvalue weighted by atomic mass is 35.5. The van der Waals surface area contributed by atoms with Crippen LogP contribution in [0.3, 0.4) is 0 Å². The van der Waals surface area contributed by atoms with E-state index in [1.807, 2.05) is 30.3 Å². The van der Waals surface area contributed by atoms with Gasteiger partial charge in [0.05, 0.1) is 12.8 Å². The molecule has 1 amide bonds. The lowest BCUT2D eigenvalue weighted by Crippen LogP contribution is -2.23. The Morgan fingerprint density at radius 2 is 2.12 bits per heavy atom. The molecule has 0 unspecified atom stereocenters. The first-order valence-corrected chi connectivity index (χ1v) is 9.28. The molecule has 1 aromatic carbocycles. The standard InChI is InChI=1S/C20H20Cl2N2O2/c1-3-12-4-5-13(10-17(12)22)15(11-14-6-9-19(25)23-14)18-8-7-16(21)20(24-18)26-2/h4-5,7-8,10-11,14H,3,6,9H2,1-2H3,(H,23,25)/b15-11-/t14-/m1/s1. The van der Waals surface area contributed by atoms with Gasteiger partial charge in [0.2, 0.25) is 11.8 Å². The average Bonchev–Trinajstić information content (AvgIpc) is 3.05. The highest BCUT2D eigenvalue weighted by molar-refractivity contribution is 6.32. The summed E-state index contributed by atoms with van der Waals surface area (Å²) in [5.74, 6) is 0.424. The number of ether oxygens (including phenoxy) is 1. The van der Waals surface area contributed by atoms with Crippen molar-refractivity contribution in [2.75, 3.05) is 7.11 Å². The van der Waals surface area contributed by atoms with Crippen molar-refractivity contribution in [3.8, 4) is 5.88 Å². The van der Waals surface area contributed by atoms with E-state index in [4.69, 9.17) is 27.9 Å². The SMILES string of the molecule is CCc1ccc(/C(=C/[C@H]2CCC(=O)N2)c2ccc(Cl)c(OC)n2)cc1Cl. The van der Waals surface area contributed by atoms with E-state index in [0.717, 1.165) is 29.5 Å². The molecule has 1 aromatic heterocycles. The number of amides is 1. The third-order valence-electron chi connectivity index (χ3n) is 4.42. The van der Waals surface area contributed by atoms with Crippen molar-refractivity contribution >= 4 is 34.7 Å². The molecule has 0 spiro atoms. The van der Waals surface area contributed by atoms with Gasteiger partial charge in [0, 0.05) is 23.1 Å². The quantitative estimate of drug-likeness (QED) is 0.806. The maximum Gasteiger partial charge on any atom is 0.232 e. The largest absolute Gasteiger partial charge is 0.480 e. The molecule has 1 saturated heterocycles. The second-order valence-electron chi connectivity index (χ2n) is 6.14. The number of carbonyl (C=O) groups is 1. The van der Waals surface area contributed by atoms with E-state index in [1.54, 1.807) is 6.07 Å². The first-order valence-electron chi connectivity index (χ1n) is 8.52. The Kier molecular flexibility index (Phi) is 5.84. The summed E-state index contributed by atoms with van der Waals surface area (Å²) in [6, 6.07) is 9.54. The summed E-state index contributed by atoms with van der Waals surface area (Å²) >= 11 is 12.5. The molecule has 4 nitrogen and oxygen atoms in total. The van der Waals surface area contributed by atoms with E-state index in [1.165, 1.54) is 7.11 Å². The minimum absolute atomic E-state index is 0.0365. The fraction of sp³-hybridized carbons (Fsp3) is 0.300. The van der Waals surface area contributed by atoms with E-state index < -0.39 is 0 Å². The highest BCUT2D eigenvalue weighted by Crippen LogP contribution is 2.31. The molecule has 3 rings (SSSR count). The van der Waals surface area contributed by atoms with Gasteiger partial charge in [0.25, 0.3) is 0 Å². The maximum atomic E-state index is 11.6. The highest BCUT2D eigenvalue weighted by Gasteiger charge is 2.21. The number of nitrogens with one attached hydrogen (secondary N) is 1. The zero-order valence-electron chi connectivity index (χ0n) is 14.7. The second-order valence-corrected chi connectivity index (χ2v) is 6.95. The van der Waals surface area contributed by atoms with Gasteiger partial charge in [0.1, 0.15) is 5.02 Å². The Hall–Kier alpha value is -2.04. The van der Waals surface area contributed by atoms with Crippen molar-refractivity contribution < 1.29 is 9.53 Å². The van der Waals surface area contributed by atoms with Crippen molar-refractivity contribution in [1.29, 1.82) is 0 Å². The van der Waals surface area contributed by atoms with Gasteiger partial charge in [-0.15, -0.1) is 0 Å². The van der Waals surface area contributed by atoms with Gasteiger partial charge >= 0.3 is 0 Å². The van der Waals surface area contributed by atoms with Crippen molar-refractivity contribution in [2.24, 2.45) is 0 Å². The average molecular weight is 391 g/mol. The smallest absolute Gasteiger partial charge is 0.232 e. The van der Waals surface area contributed by atoms with Gasteiger partial charge in [0.15, 0.2) is 0 Å². The van der Waals surface area contributed by atoms with E-state index >= 15 is 0 Å². The monoisotopic (exact) mass is 390 g/mol. The summed E-state index contributed by atoms with van der Waals surface area (Å²) in [7, 11) is 1.53. The molecule has 26 heavy (non-hydrogen) atoms. The number of aromatic nitrogens is 1. The molecule has 2 heterocycles. The van der Waals surface area contributed by atoms with E-state index in [2.05, 4.69) is 17.2 Å². The molecule has 0 bridgehead atoms. The van der Waals surface area contributed by atoms with Gasteiger partial charge in [-0.3, -0.25) is 4.79 Å². The first kappa shape index (κ1) is 18.7. The summed E-state index contributed by atoms with van der Waals surface area (Å²) in [5, 5.41) is 4.13. The van der Waals surface area contributed by atoms with E-state index in [0.29, 0.717) is 28.0 Å². The molecular formula is C20H20Cl2N2O2. The number of methoxy groups -OCH3 is 1. The number of hydrogen-bond acceptors (Lipinski definition) is 3. The maximum absolute atomic E-state index is 11.6. The Balaban J connectivity index is 2.09. The van der Waals surface area contributed by atoms with Crippen LogP contribution in [0.2, 0.25) is 10.0 Å². The normalized spacial score (nSPS) is 17.3. The number of rotatable bonds is 5. The van der Waals surface area contributed by atoms with Crippen LogP contribution in [0.4, 0.5) is 0 Å². The van der Waals surface area contributed by atoms with E-state index in [-0.39, 0.29) is 11.9 Å². The van der Waals surface area contributed by atoms with Gasteiger partial charge < -0.3 is 10.1 Å². The molecular weight excluding hydrogens is 371 g/mol. The Morgan fingerprint density at radius 1 is 1.31 bits per heavy atom. The van der Waals surface area contributed by atoms with Crippen LogP contribution in [-0.2, 0) is 11.2 Å². The summed E-state index contributed by atoms with van der Waals surface area (Å²) in [6.45, 7) is 2.07. The molecule has 6 heteroatoms. The fourth-order valence-electron chi connectivity index (χ4n) is 3.01. The van der Waals surface area contributed by atoms with Crippen LogP contribution in [-0.4, -0.2) is 24.0 Å². The predicted octanol–water partition coefficient (Wildman–Crippen LogP) is 4.67. The van der Waals surface area contributed by atoms with Crippen LogP contribution in [0.5, 0.6) is 5.88 Å². The van der Waals surface area contributed by atoms with Crippen molar-refractivity contribution in [3.05, 3.63) is 63.3 Å². The number of hydrogen-bond donors (Lipinski definition) is 1. The van der Waals surface area contributed by atoms with Crippen molar-refractivity contribution in [2.45, 2.75) is 32.2 Å². The number of aryl methyl sites for hydroxylation is 1. The summed E-state index contributed by atoms with van der Waals surface area (Å²) in [6.07, 6.45) is 4.18. The number of halogens is 2. The third kappa shape index (κ3) is 4.02. The first-order chi connectivity index (χ1) is 12.5. The lowest BCUT2D eigenvalue weighted by atomic mass is 9.97. The molecule has 0 saturated carbocycles.